The number of hydrogen-bond acceptors (Lipinski definition) is 3. The molecule has 1 N–H and O–H groups in total. The van der Waals surface area contributed by atoms with Crippen molar-refractivity contribution in [3.8, 4) is 5.75 Å². The maximum absolute atomic E-state index is 12.6. The molecule has 0 spiro atoms. The van der Waals surface area contributed by atoms with E-state index in [0.29, 0.717) is 0 Å². The molecule has 3 nitrogen and oxygen atoms in total. The van der Waals surface area contributed by atoms with E-state index >= 15 is 0 Å². The van der Waals surface area contributed by atoms with Crippen LogP contribution in [0.3, 0.4) is 0 Å². The lowest BCUT2D eigenvalue weighted by Gasteiger charge is -2.19. The van der Waals surface area contributed by atoms with E-state index in [1.807, 2.05) is 0 Å². The number of rotatable bonds is 3. The van der Waals surface area contributed by atoms with Gasteiger partial charge in [0, 0.05) is 17.1 Å². The van der Waals surface area contributed by atoms with Gasteiger partial charge in [0.05, 0.1) is 12.3 Å². The van der Waals surface area contributed by atoms with Crippen LogP contribution in [0.4, 0.5) is 26.3 Å². The molecule has 0 radical (unpaired) electrons. The lowest BCUT2D eigenvalue weighted by molar-refractivity contribution is -0.276. The highest BCUT2D eigenvalue weighted by Gasteiger charge is 2.41. The van der Waals surface area contributed by atoms with E-state index in [0.717, 1.165) is 0 Å². The predicted molar refractivity (Wildman–Crippen MR) is 54.5 cm³/mol. The van der Waals surface area contributed by atoms with Crippen LogP contribution in [0, 0.1) is 0 Å². The third-order valence-corrected chi connectivity index (χ3v) is 2.58. The van der Waals surface area contributed by atoms with E-state index in [9.17, 15) is 26.3 Å². The van der Waals surface area contributed by atoms with Crippen LogP contribution in [0.15, 0.2) is 6.20 Å². The van der Waals surface area contributed by atoms with Gasteiger partial charge >= 0.3 is 12.5 Å². The van der Waals surface area contributed by atoms with Crippen molar-refractivity contribution in [2.24, 2.45) is 0 Å². The molecule has 0 aliphatic heterocycles. The standard InChI is InChI=1S/C9H6BrF6NO2/c10-1-4-6(3-18)17-2-5(8(11,12)13)7(4)19-9(14,15)16/h2,18H,1,3H2. The van der Waals surface area contributed by atoms with Crippen LogP contribution in [0.2, 0.25) is 0 Å². The number of hydrogen-bond donors (Lipinski definition) is 1. The molecule has 0 bridgehead atoms. The zero-order valence-corrected chi connectivity index (χ0v) is 10.5. The second-order valence-corrected chi connectivity index (χ2v) is 3.82. The summed E-state index contributed by atoms with van der Waals surface area (Å²) in [5, 5.41) is 8.48. The summed E-state index contributed by atoms with van der Waals surface area (Å²) in [6, 6.07) is 0. The highest BCUT2D eigenvalue weighted by atomic mass is 79.9. The zero-order valence-electron chi connectivity index (χ0n) is 8.94. The van der Waals surface area contributed by atoms with Gasteiger partial charge in [0.25, 0.3) is 0 Å². The number of aromatic nitrogens is 1. The Labute approximate surface area is 111 Å². The summed E-state index contributed by atoms with van der Waals surface area (Å²) in [6.45, 7) is -0.812. The largest absolute Gasteiger partial charge is 0.573 e. The molecule has 0 unspecified atom stereocenters. The van der Waals surface area contributed by atoms with Crippen molar-refractivity contribution in [3.63, 3.8) is 0 Å². The van der Waals surface area contributed by atoms with Crippen LogP contribution in [-0.4, -0.2) is 16.5 Å². The Kier molecular flexibility index (Phi) is 4.67. The third kappa shape index (κ3) is 3.96. The zero-order chi connectivity index (χ0) is 14.8. The van der Waals surface area contributed by atoms with E-state index in [1.165, 1.54) is 0 Å². The molecule has 1 rings (SSSR count). The van der Waals surface area contributed by atoms with E-state index in [1.54, 1.807) is 0 Å². The second-order valence-electron chi connectivity index (χ2n) is 3.26. The van der Waals surface area contributed by atoms with Gasteiger partial charge in [-0.25, -0.2) is 0 Å². The Morgan fingerprint density at radius 1 is 1.21 bits per heavy atom. The molecule has 0 fully saturated rings. The Bertz CT molecular complexity index is 459. The molecule has 108 valence electrons. The number of alkyl halides is 7. The fourth-order valence-electron chi connectivity index (χ4n) is 1.28. The molecule has 19 heavy (non-hydrogen) atoms. The molecule has 1 aromatic rings. The minimum absolute atomic E-state index is 0.193. The summed E-state index contributed by atoms with van der Waals surface area (Å²) < 4.78 is 77.8. The first-order chi connectivity index (χ1) is 8.60. The van der Waals surface area contributed by atoms with Gasteiger partial charge < -0.3 is 9.84 Å². The average molecular weight is 354 g/mol. The van der Waals surface area contributed by atoms with Gasteiger partial charge in [-0.1, -0.05) is 15.9 Å². The van der Waals surface area contributed by atoms with Crippen molar-refractivity contribution in [1.29, 1.82) is 0 Å². The van der Waals surface area contributed by atoms with Crippen molar-refractivity contribution >= 4 is 15.9 Å². The van der Waals surface area contributed by atoms with Crippen LogP contribution < -0.4 is 4.74 Å². The Morgan fingerprint density at radius 2 is 1.79 bits per heavy atom. The van der Waals surface area contributed by atoms with Gasteiger partial charge in [0.15, 0.2) is 0 Å². The highest BCUT2D eigenvalue weighted by molar-refractivity contribution is 9.08. The number of halogens is 7. The van der Waals surface area contributed by atoms with E-state index in [4.69, 9.17) is 5.11 Å². The summed E-state index contributed by atoms with van der Waals surface area (Å²) in [5.74, 6) is -1.41. The third-order valence-electron chi connectivity index (χ3n) is 2.02. The summed E-state index contributed by atoms with van der Waals surface area (Å²) in [4.78, 5) is 3.28. The van der Waals surface area contributed by atoms with Gasteiger partial charge in [-0.2, -0.15) is 13.2 Å². The number of ether oxygens (including phenoxy) is 1. The lowest BCUT2D eigenvalue weighted by Crippen LogP contribution is -2.22. The van der Waals surface area contributed by atoms with Crippen molar-refractivity contribution in [3.05, 3.63) is 23.0 Å². The Hall–Kier alpha value is -1.03. The Balaban J connectivity index is 3.49. The monoisotopic (exact) mass is 353 g/mol. The second kappa shape index (κ2) is 5.53. The van der Waals surface area contributed by atoms with E-state index in [-0.39, 0.29) is 17.2 Å². The molecule has 0 saturated carbocycles. The fourth-order valence-corrected chi connectivity index (χ4v) is 1.86. The molecule has 1 heterocycles. The number of pyridine rings is 1. The minimum Gasteiger partial charge on any atom is -0.405 e. The molecule has 1 aromatic heterocycles. The first-order valence-corrected chi connectivity index (χ1v) is 5.72. The van der Waals surface area contributed by atoms with Crippen molar-refractivity contribution in [2.45, 2.75) is 24.5 Å². The molecular formula is C9H6BrF6NO2. The molecule has 0 aromatic carbocycles. The minimum atomic E-state index is -5.29. The predicted octanol–water partition coefficient (Wildman–Crippen LogP) is 3.39. The van der Waals surface area contributed by atoms with Crippen molar-refractivity contribution in [2.75, 3.05) is 0 Å². The maximum Gasteiger partial charge on any atom is 0.573 e. The van der Waals surface area contributed by atoms with Crippen molar-refractivity contribution < 1.29 is 36.2 Å². The lowest BCUT2D eigenvalue weighted by atomic mass is 10.1. The SMILES string of the molecule is OCc1ncc(C(F)(F)F)c(OC(F)(F)F)c1CBr. The van der Waals surface area contributed by atoms with Gasteiger partial charge in [-0.15, -0.1) is 13.2 Å². The molecule has 0 aliphatic carbocycles. The summed E-state index contributed by atoms with van der Waals surface area (Å²) in [6.07, 6.45) is -10.2. The molecule has 0 saturated heterocycles. The van der Waals surface area contributed by atoms with Gasteiger partial charge in [0.1, 0.15) is 11.3 Å². The molecule has 10 heteroatoms. The first-order valence-electron chi connectivity index (χ1n) is 4.60. The fraction of sp³-hybridized carbons (Fsp3) is 0.444. The molecule has 0 atom stereocenters. The maximum atomic E-state index is 12.6. The Morgan fingerprint density at radius 3 is 2.16 bits per heavy atom. The first kappa shape index (κ1) is 16.0. The molecule has 0 amide bonds. The van der Waals surface area contributed by atoms with E-state index < -0.39 is 36.0 Å². The molecule has 0 aliphatic rings. The number of aliphatic hydroxyl groups is 1. The summed E-state index contributed by atoms with van der Waals surface area (Å²) in [7, 11) is 0. The van der Waals surface area contributed by atoms with Crippen LogP contribution >= 0.6 is 15.9 Å². The summed E-state index contributed by atoms with van der Waals surface area (Å²) in [5.41, 5.74) is -2.49. The smallest absolute Gasteiger partial charge is 0.405 e. The van der Waals surface area contributed by atoms with Crippen LogP contribution in [-0.2, 0) is 18.1 Å². The highest BCUT2D eigenvalue weighted by Crippen LogP contribution is 2.41. The van der Waals surface area contributed by atoms with Gasteiger partial charge in [-0.05, 0) is 0 Å². The van der Waals surface area contributed by atoms with Crippen molar-refractivity contribution in [1.82, 2.24) is 4.98 Å². The molecular weight excluding hydrogens is 348 g/mol. The van der Waals surface area contributed by atoms with Gasteiger partial charge in [0.2, 0.25) is 0 Å². The average Bonchev–Trinajstić information content (AvgIpc) is 2.24. The van der Waals surface area contributed by atoms with Crippen LogP contribution in [0.1, 0.15) is 16.8 Å². The number of aliphatic hydroxyl groups excluding tert-OH is 1. The van der Waals surface area contributed by atoms with Crippen LogP contribution in [0.25, 0.3) is 0 Å². The summed E-state index contributed by atoms with van der Waals surface area (Å²) >= 11 is 2.74. The van der Waals surface area contributed by atoms with E-state index in [2.05, 4.69) is 25.7 Å². The van der Waals surface area contributed by atoms with Gasteiger partial charge in [-0.3, -0.25) is 4.98 Å². The van der Waals surface area contributed by atoms with Crippen LogP contribution in [0.5, 0.6) is 5.75 Å². The quantitative estimate of drug-likeness (QED) is 0.669. The normalized spacial score (nSPS) is 12.6. The number of nitrogens with zero attached hydrogens (tertiary/aromatic N) is 1. The topological polar surface area (TPSA) is 42.4 Å².